The van der Waals surface area contributed by atoms with Crippen molar-refractivity contribution < 1.29 is 4.42 Å². The first-order valence-corrected chi connectivity index (χ1v) is 22.3. The second-order valence-corrected chi connectivity index (χ2v) is 17.5. The Morgan fingerprint density at radius 1 is 0.435 bits per heavy atom. The fourth-order valence-corrected chi connectivity index (χ4v) is 11.1. The van der Waals surface area contributed by atoms with Crippen LogP contribution in [-0.4, -0.2) is 0 Å². The number of nitrogens with zero attached hydrogens (tertiary/aromatic N) is 1. The Kier molecular flexibility index (Phi) is 8.76. The van der Waals surface area contributed by atoms with E-state index >= 15 is 0 Å². The van der Waals surface area contributed by atoms with Crippen LogP contribution in [0.2, 0.25) is 0 Å². The van der Waals surface area contributed by atoms with E-state index in [1.807, 2.05) is 17.4 Å². The van der Waals surface area contributed by atoms with Crippen molar-refractivity contribution in [3.8, 4) is 33.4 Å². The molecule has 1 aliphatic rings. The molecule has 2 heterocycles. The molecule has 0 amide bonds. The van der Waals surface area contributed by atoms with Crippen molar-refractivity contribution in [1.29, 1.82) is 0 Å². The van der Waals surface area contributed by atoms with Crippen molar-refractivity contribution in [3.63, 3.8) is 0 Å². The predicted molar refractivity (Wildman–Crippen MR) is 266 cm³/mol. The lowest BCUT2D eigenvalue weighted by Gasteiger charge is -2.32. The molecule has 2 nitrogen and oxygen atoms in total. The summed E-state index contributed by atoms with van der Waals surface area (Å²) < 4.78 is 9.08. The van der Waals surface area contributed by atoms with E-state index in [0.29, 0.717) is 5.92 Å². The molecule has 0 fully saturated rings. The molecule has 9 aromatic carbocycles. The molecule has 0 aliphatic heterocycles. The summed E-state index contributed by atoms with van der Waals surface area (Å²) in [5.74, 6) is 0.481. The maximum Gasteiger partial charge on any atom is 0.136 e. The maximum absolute atomic E-state index is 6.49. The smallest absolute Gasteiger partial charge is 0.136 e. The van der Waals surface area contributed by atoms with E-state index in [1.165, 1.54) is 64.3 Å². The number of para-hydroxylation sites is 4. The van der Waals surface area contributed by atoms with Gasteiger partial charge in [0, 0.05) is 47.6 Å². The molecule has 0 spiro atoms. The average molecular weight is 812 g/mol. The van der Waals surface area contributed by atoms with Gasteiger partial charge >= 0.3 is 0 Å². The minimum absolute atomic E-state index is 0.481. The molecule has 0 saturated heterocycles. The van der Waals surface area contributed by atoms with Crippen LogP contribution in [0, 0.1) is 5.92 Å². The molecule has 1 atom stereocenters. The first-order chi connectivity index (χ1) is 30.7. The van der Waals surface area contributed by atoms with Gasteiger partial charge in [-0.25, -0.2) is 0 Å². The van der Waals surface area contributed by atoms with Gasteiger partial charge in [0.1, 0.15) is 11.2 Å². The molecule has 1 aliphatic carbocycles. The number of allylic oxidation sites excluding steroid dienone is 4. The molecule has 3 heteroatoms. The second kappa shape index (κ2) is 14.9. The standard InChI is InChI=1S/C59H41NOS/c1-38-17-12-20-40(37-38)41-26-13-18-39-19-14-27-45(57(39)41)42-21-2-7-30-50(42)60(51-31-8-3-22-43(51)46-28-15-34-54-58(46)48-24-5-10-33-53(48)61-54)52-32-9-4-23-44(52)47-29-16-36-56-59(47)49-25-6-11-35-55(49)62-56/h2-36,38H,37H2,1H3. The normalized spacial score (nSPS) is 14.0. The zero-order valence-corrected chi connectivity index (χ0v) is 35.1. The molecule has 11 aromatic rings. The number of benzene rings is 9. The minimum Gasteiger partial charge on any atom is -0.456 e. The molecule has 0 saturated carbocycles. The van der Waals surface area contributed by atoms with Crippen molar-refractivity contribution in [2.24, 2.45) is 5.92 Å². The molecule has 2 aromatic heterocycles. The first-order valence-electron chi connectivity index (χ1n) is 21.5. The third-order valence-electron chi connectivity index (χ3n) is 12.6. The highest BCUT2D eigenvalue weighted by Crippen LogP contribution is 2.52. The van der Waals surface area contributed by atoms with Crippen LogP contribution in [0.4, 0.5) is 17.1 Å². The molecule has 62 heavy (non-hydrogen) atoms. The topological polar surface area (TPSA) is 16.4 Å². The third-order valence-corrected chi connectivity index (χ3v) is 13.8. The summed E-state index contributed by atoms with van der Waals surface area (Å²) >= 11 is 1.86. The van der Waals surface area contributed by atoms with Gasteiger partial charge < -0.3 is 9.32 Å². The Morgan fingerprint density at radius 2 is 0.935 bits per heavy atom. The van der Waals surface area contributed by atoms with Crippen LogP contribution in [0.5, 0.6) is 0 Å². The number of hydrogen-bond acceptors (Lipinski definition) is 3. The molecule has 0 N–H and O–H groups in total. The summed E-state index contributed by atoms with van der Waals surface area (Å²) in [4.78, 5) is 2.53. The number of rotatable bonds is 7. The van der Waals surface area contributed by atoms with Crippen molar-refractivity contribution in [1.82, 2.24) is 0 Å². The van der Waals surface area contributed by atoms with Crippen molar-refractivity contribution in [2.45, 2.75) is 13.3 Å². The predicted octanol–water partition coefficient (Wildman–Crippen LogP) is 17.6. The summed E-state index contributed by atoms with van der Waals surface area (Å²) in [6.07, 6.45) is 7.86. The van der Waals surface area contributed by atoms with Crippen LogP contribution < -0.4 is 4.90 Å². The van der Waals surface area contributed by atoms with Gasteiger partial charge in [0.15, 0.2) is 0 Å². The molecular weight excluding hydrogens is 771 g/mol. The summed E-state index contributed by atoms with van der Waals surface area (Å²) in [6.45, 7) is 2.31. The summed E-state index contributed by atoms with van der Waals surface area (Å²) in [5, 5.41) is 7.32. The Hall–Kier alpha value is -7.46. The van der Waals surface area contributed by atoms with Crippen LogP contribution in [0.25, 0.3) is 91.8 Å². The quantitative estimate of drug-likeness (QED) is 0.159. The van der Waals surface area contributed by atoms with Gasteiger partial charge in [0.2, 0.25) is 0 Å². The molecule has 294 valence electrons. The Balaban J connectivity index is 1.17. The van der Waals surface area contributed by atoms with E-state index in [1.54, 1.807) is 0 Å². The highest BCUT2D eigenvalue weighted by atomic mass is 32.1. The summed E-state index contributed by atoms with van der Waals surface area (Å²) in [5.41, 5.74) is 14.8. The van der Waals surface area contributed by atoms with E-state index in [-0.39, 0.29) is 0 Å². The van der Waals surface area contributed by atoms with E-state index in [2.05, 4.69) is 218 Å². The van der Waals surface area contributed by atoms with Gasteiger partial charge in [-0.3, -0.25) is 0 Å². The molecular formula is C59H41NOS. The van der Waals surface area contributed by atoms with Gasteiger partial charge in [0.25, 0.3) is 0 Å². The fraction of sp³-hybridized carbons (Fsp3) is 0.0508. The minimum atomic E-state index is 0.481. The summed E-state index contributed by atoms with van der Waals surface area (Å²) in [6, 6.07) is 71.0. The lowest BCUT2D eigenvalue weighted by molar-refractivity contribution is 0.669. The van der Waals surface area contributed by atoms with E-state index < -0.39 is 0 Å². The second-order valence-electron chi connectivity index (χ2n) is 16.4. The highest BCUT2D eigenvalue weighted by Gasteiger charge is 2.26. The number of anilines is 3. The van der Waals surface area contributed by atoms with E-state index in [4.69, 9.17) is 4.42 Å². The van der Waals surface area contributed by atoms with E-state index in [9.17, 15) is 0 Å². The van der Waals surface area contributed by atoms with Gasteiger partial charge in [-0.05, 0) is 93.4 Å². The zero-order chi connectivity index (χ0) is 41.1. The fourth-order valence-electron chi connectivity index (χ4n) is 9.95. The number of hydrogen-bond donors (Lipinski definition) is 0. The van der Waals surface area contributed by atoms with Crippen molar-refractivity contribution >= 4 is 86.9 Å². The lowest BCUT2D eigenvalue weighted by atomic mass is 9.85. The van der Waals surface area contributed by atoms with Crippen molar-refractivity contribution in [2.75, 3.05) is 4.90 Å². The molecule has 0 bridgehead atoms. The Labute approximate surface area is 364 Å². The van der Waals surface area contributed by atoms with Crippen LogP contribution >= 0.6 is 11.3 Å². The first kappa shape index (κ1) is 36.4. The van der Waals surface area contributed by atoms with Gasteiger partial charge in [0.05, 0.1) is 17.1 Å². The van der Waals surface area contributed by atoms with Crippen molar-refractivity contribution in [3.05, 3.63) is 218 Å². The van der Waals surface area contributed by atoms with Gasteiger partial charge in [-0.1, -0.05) is 177 Å². The number of thiophene rings is 1. The average Bonchev–Trinajstić information content (AvgIpc) is 3.91. The highest BCUT2D eigenvalue weighted by molar-refractivity contribution is 7.25. The molecule has 12 rings (SSSR count). The van der Waals surface area contributed by atoms with Gasteiger partial charge in [-0.15, -0.1) is 11.3 Å². The molecule has 1 unspecified atom stereocenters. The number of fused-ring (bicyclic) bond motifs is 7. The summed E-state index contributed by atoms with van der Waals surface area (Å²) in [7, 11) is 0. The zero-order valence-electron chi connectivity index (χ0n) is 34.3. The lowest BCUT2D eigenvalue weighted by Crippen LogP contribution is -2.13. The van der Waals surface area contributed by atoms with E-state index in [0.717, 1.165) is 56.5 Å². The van der Waals surface area contributed by atoms with Crippen LogP contribution in [-0.2, 0) is 0 Å². The third kappa shape index (κ3) is 5.92. The number of furan rings is 1. The monoisotopic (exact) mass is 811 g/mol. The Bertz CT molecular complexity index is 3440. The van der Waals surface area contributed by atoms with Gasteiger partial charge in [-0.2, -0.15) is 0 Å². The van der Waals surface area contributed by atoms with Crippen LogP contribution in [0.3, 0.4) is 0 Å². The molecule has 0 radical (unpaired) electrons. The van der Waals surface area contributed by atoms with Crippen LogP contribution in [0.15, 0.2) is 217 Å². The van der Waals surface area contributed by atoms with Crippen LogP contribution in [0.1, 0.15) is 18.9 Å². The SMILES string of the molecule is CC1C=CC=C(c2cccc3cccc(-c4ccccc4N(c4ccccc4-c4cccc5oc6ccccc6c45)c4ccccc4-c4cccc5sc6ccccc6c45)c23)C1. The maximum atomic E-state index is 6.49. The Morgan fingerprint density at radius 3 is 1.63 bits per heavy atom. The largest absolute Gasteiger partial charge is 0.456 e.